The molecule has 1 fully saturated rings. The van der Waals surface area contributed by atoms with Gasteiger partial charge in [-0.2, -0.15) is 5.26 Å². The number of aromatic nitrogens is 2. The highest BCUT2D eigenvalue weighted by molar-refractivity contribution is 7.14. The van der Waals surface area contributed by atoms with E-state index in [1.54, 1.807) is 24.2 Å². The number of piperidine rings is 1. The van der Waals surface area contributed by atoms with E-state index in [9.17, 15) is 4.79 Å². The van der Waals surface area contributed by atoms with Crippen molar-refractivity contribution < 1.29 is 4.79 Å². The van der Waals surface area contributed by atoms with Crippen LogP contribution < -0.4 is 9.80 Å². The van der Waals surface area contributed by atoms with Gasteiger partial charge in [0.05, 0.1) is 11.3 Å². The first kappa shape index (κ1) is 16.4. The Hall–Kier alpha value is -2.46. The summed E-state index contributed by atoms with van der Waals surface area (Å²) >= 11 is 1.50. The highest BCUT2D eigenvalue weighted by atomic mass is 32.1. The van der Waals surface area contributed by atoms with Crippen LogP contribution in [0.2, 0.25) is 0 Å². The van der Waals surface area contributed by atoms with E-state index in [4.69, 9.17) is 5.26 Å². The van der Waals surface area contributed by atoms with Crippen LogP contribution in [0.25, 0.3) is 0 Å². The Morgan fingerprint density at radius 1 is 1.42 bits per heavy atom. The molecule has 0 spiro atoms. The lowest BCUT2D eigenvalue weighted by Crippen LogP contribution is -2.41. The lowest BCUT2D eigenvalue weighted by molar-refractivity contribution is -0.122. The average Bonchev–Trinajstić information content (AvgIpc) is 3.07. The number of pyridine rings is 1. The van der Waals surface area contributed by atoms with E-state index in [0.717, 1.165) is 42.6 Å². The number of carbonyl (C=O) groups is 1. The standard InChI is InChI=1S/C17H19N5OS/c1-12-11-24-17(20-12)21(2)16(23)14-5-7-22(8-6-14)15-4-3-13(9-18)10-19-15/h3-4,10-11,14H,5-8H2,1-2H3. The van der Waals surface area contributed by atoms with E-state index in [0.29, 0.717) is 5.56 Å². The minimum Gasteiger partial charge on any atom is -0.357 e. The maximum atomic E-state index is 12.7. The number of rotatable bonds is 3. The van der Waals surface area contributed by atoms with E-state index in [2.05, 4.69) is 20.9 Å². The third-order valence-electron chi connectivity index (χ3n) is 4.27. The quantitative estimate of drug-likeness (QED) is 0.858. The van der Waals surface area contributed by atoms with Crippen LogP contribution >= 0.6 is 11.3 Å². The van der Waals surface area contributed by atoms with Crippen molar-refractivity contribution in [3.05, 3.63) is 35.0 Å². The molecule has 7 heteroatoms. The van der Waals surface area contributed by atoms with Gasteiger partial charge in [-0.15, -0.1) is 11.3 Å². The SMILES string of the molecule is Cc1csc(N(C)C(=O)C2CCN(c3ccc(C#N)cn3)CC2)n1. The molecule has 1 saturated heterocycles. The van der Waals surface area contributed by atoms with Crippen molar-refractivity contribution in [2.45, 2.75) is 19.8 Å². The molecule has 0 saturated carbocycles. The number of nitriles is 1. The van der Waals surface area contributed by atoms with Crippen molar-refractivity contribution in [3.63, 3.8) is 0 Å². The Morgan fingerprint density at radius 3 is 2.71 bits per heavy atom. The maximum absolute atomic E-state index is 12.7. The fraction of sp³-hybridized carbons (Fsp3) is 0.412. The van der Waals surface area contributed by atoms with Gasteiger partial charge in [-0.3, -0.25) is 9.69 Å². The van der Waals surface area contributed by atoms with Crippen molar-refractivity contribution in [2.75, 3.05) is 29.9 Å². The normalized spacial score (nSPS) is 15.1. The van der Waals surface area contributed by atoms with Crippen molar-refractivity contribution >= 4 is 28.2 Å². The first-order chi connectivity index (χ1) is 11.6. The van der Waals surface area contributed by atoms with Crippen molar-refractivity contribution in [1.82, 2.24) is 9.97 Å². The van der Waals surface area contributed by atoms with E-state index in [1.165, 1.54) is 11.3 Å². The molecule has 0 N–H and O–H groups in total. The second-order valence-electron chi connectivity index (χ2n) is 5.95. The number of hydrogen-bond donors (Lipinski definition) is 0. The lowest BCUT2D eigenvalue weighted by atomic mass is 9.95. The molecule has 0 bridgehead atoms. The molecular formula is C17H19N5OS. The Morgan fingerprint density at radius 2 is 2.17 bits per heavy atom. The van der Waals surface area contributed by atoms with Crippen LogP contribution in [-0.2, 0) is 4.79 Å². The highest BCUT2D eigenvalue weighted by Gasteiger charge is 2.29. The molecule has 24 heavy (non-hydrogen) atoms. The molecule has 0 aromatic carbocycles. The third-order valence-corrected chi connectivity index (χ3v) is 5.30. The molecule has 0 radical (unpaired) electrons. The molecular weight excluding hydrogens is 322 g/mol. The molecule has 1 aliphatic rings. The second kappa shape index (κ2) is 6.97. The Labute approximate surface area is 145 Å². The number of anilines is 2. The zero-order chi connectivity index (χ0) is 17.1. The molecule has 3 rings (SSSR count). The Bertz CT molecular complexity index is 756. The van der Waals surface area contributed by atoms with Crippen LogP contribution in [0.15, 0.2) is 23.7 Å². The van der Waals surface area contributed by atoms with Gasteiger partial charge in [-0.1, -0.05) is 0 Å². The van der Waals surface area contributed by atoms with Gasteiger partial charge in [0.25, 0.3) is 0 Å². The maximum Gasteiger partial charge on any atom is 0.231 e. The first-order valence-electron chi connectivity index (χ1n) is 7.89. The van der Waals surface area contributed by atoms with Gasteiger partial charge in [-0.05, 0) is 31.9 Å². The summed E-state index contributed by atoms with van der Waals surface area (Å²) < 4.78 is 0. The zero-order valence-electron chi connectivity index (χ0n) is 13.8. The lowest BCUT2D eigenvalue weighted by Gasteiger charge is -2.33. The first-order valence-corrected chi connectivity index (χ1v) is 8.77. The summed E-state index contributed by atoms with van der Waals surface area (Å²) in [5, 5.41) is 11.5. The van der Waals surface area contributed by atoms with E-state index in [-0.39, 0.29) is 11.8 Å². The van der Waals surface area contributed by atoms with E-state index >= 15 is 0 Å². The van der Waals surface area contributed by atoms with Gasteiger partial charge in [0, 0.05) is 37.6 Å². The number of hydrogen-bond acceptors (Lipinski definition) is 6. The van der Waals surface area contributed by atoms with Gasteiger partial charge in [0.15, 0.2) is 5.13 Å². The van der Waals surface area contributed by atoms with Gasteiger partial charge in [0.2, 0.25) is 5.91 Å². The fourth-order valence-corrected chi connectivity index (χ4v) is 3.63. The highest BCUT2D eigenvalue weighted by Crippen LogP contribution is 2.26. The summed E-state index contributed by atoms with van der Waals surface area (Å²) in [6.07, 6.45) is 3.19. The van der Waals surface area contributed by atoms with Crippen LogP contribution in [0, 0.1) is 24.2 Å². The molecule has 124 valence electrons. The van der Waals surface area contributed by atoms with Crippen LogP contribution in [0.4, 0.5) is 10.9 Å². The number of amides is 1. The molecule has 1 amide bonds. The predicted molar refractivity (Wildman–Crippen MR) is 94.2 cm³/mol. The van der Waals surface area contributed by atoms with Gasteiger partial charge >= 0.3 is 0 Å². The number of nitrogens with zero attached hydrogens (tertiary/aromatic N) is 5. The summed E-state index contributed by atoms with van der Waals surface area (Å²) in [7, 11) is 1.80. The van der Waals surface area contributed by atoms with Gasteiger partial charge in [0.1, 0.15) is 11.9 Å². The molecule has 0 atom stereocenters. The number of aryl methyl sites for hydroxylation is 1. The van der Waals surface area contributed by atoms with Gasteiger partial charge in [-0.25, -0.2) is 9.97 Å². The van der Waals surface area contributed by atoms with Crippen molar-refractivity contribution in [2.24, 2.45) is 5.92 Å². The van der Waals surface area contributed by atoms with Crippen LogP contribution in [0.3, 0.4) is 0 Å². The smallest absolute Gasteiger partial charge is 0.231 e. The average molecular weight is 341 g/mol. The van der Waals surface area contributed by atoms with E-state index in [1.807, 2.05) is 18.4 Å². The third kappa shape index (κ3) is 3.39. The molecule has 0 aliphatic carbocycles. The molecule has 0 unspecified atom stereocenters. The van der Waals surface area contributed by atoms with Crippen LogP contribution in [0.5, 0.6) is 0 Å². The minimum absolute atomic E-state index is 0.0221. The molecule has 1 aliphatic heterocycles. The largest absolute Gasteiger partial charge is 0.357 e. The summed E-state index contributed by atoms with van der Waals surface area (Å²) in [5.41, 5.74) is 1.50. The Kier molecular flexibility index (Phi) is 4.76. The van der Waals surface area contributed by atoms with Gasteiger partial charge < -0.3 is 4.90 Å². The summed E-state index contributed by atoms with van der Waals surface area (Å²) in [5.74, 6) is 1.02. The Balaban J connectivity index is 1.60. The molecule has 2 aromatic rings. The summed E-state index contributed by atoms with van der Waals surface area (Å²) in [6.45, 7) is 3.52. The second-order valence-corrected chi connectivity index (χ2v) is 6.78. The molecule has 3 heterocycles. The fourth-order valence-electron chi connectivity index (χ4n) is 2.86. The van der Waals surface area contributed by atoms with E-state index < -0.39 is 0 Å². The predicted octanol–water partition coefficient (Wildman–Crippen LogP) is 2.60. The molecule has 2 aromatic heterocycles. The van der Waals surface area contributed by atoms with Crippen molar-refractivity contribution in [3.8, 4) is 6.07 Å². The zero-order valence-corrected chi connectivity index (χ0v) is 14.6. The number of thiazole rings is 1. The summed E-state index contributed by atoms with van der Waals surface area (Å²) in [4.78, 5) is 25.2. The molecule has 6 nitrogen and oxygen atoms in total. The van der Waals surface area contributed by atoms with Crippen molar-refractivity contribution in [1.29, 1.82) is 5.26 Å². The topological polar surface area (TPSA) is 73.1 Å². The summed E-state index contributed by atoms with van der Waals surface area (Å²) in [6, 6.07) is 5.71. The monoisotopic (exact) mass is 341 g/mol. The number of carbonyl (C=O) groups excluding carboxylic acids is 1. The minimum atomic E-state index is 0.0221. The van der Waals surface area contributed by atoms with Crippen LogP contribution in [-0.4, -0.2) is 36.0 Å². The van der Waals surface area contributed by atoms with Crippen LogP contribution in [0.1, 0.15) is 24.1 Å².